The van der Waals surface area contributed by atoms with Crippen molar-refractivity contribution in [2.75, 3.05) is 0 Å². The number of halogens is 2. The Morgan fingerprint density at radius 1 is 0.895 bits per heavy atom. The molecule has 1 heterocycles. The van der Waals surface area contributed by atoms with E-state index in [0.717, 1.165) is 17.7 Å². The third-order valence-electron chi connectivity index (χ3n) is 6.34. The average molecular weight is 520 g/mol. The third kappa shape index (κ3) is 5.69. The molecule has 38 heavy (non-hydrogen) atoms. The summed E-state index contributed by atoms with van der Waals surface area (Å²) in [6.45, 7) is 1.34. The van der Waals surface area contributed by atoms with Crippen molar-refractivity contribution in [3.05, 3.63) is 119 Å². The maximum Gasteiger partial charge on any atom is 0.263 e. The zero-order valence-electron chi connectivity index (χ0n) is 20.5. The minimum absolute atomic E-state index is 0.405. The molecule has 0 spiro atoms. The number of hydrogen-bond donors (Lipinski definition) is 3. The van der Waals surface area contributed by atoms with Crippen molar-refractivity contribution in [2.45, 2.75) is 37.1 Å². The number of hydrogen-bond acceptors (Lipinski definition) is 5. The van der Waals surface area contributed by atoms with E-state index in [0.29, 0.717) is 16.5 Å². The van der Waals surface area contributed by atoms with E-state index in [1.807, 2.05) is 30.3 Å². The molecule has 0 aromatic heterocycles. The number of carbonyl (C=O) groups excluding carboxylic acids is 3. The van der Waals surface area contributed by atoms with Crippen molar-refractivity contribution < 1.29 is 28.3 Å². The fraction of sp³-hybridized carbons (Fsp3) is 0.207. The molecule has 1 aliphatic rings. The number of nitrogens with one attached hydrogen (secondary N) is 1. The van der Waals surface area contributed by atoms with Gasteiger partial charge >= 0.3 is 0 Å². The molecule has 0 bridgehead atoms. The largest absolute Gasteiger partial charge is 0.378 e. The summed E-state index contributed by atoms with van der Waals surface area (Å²) in [6, 6.07) is 16.8. The first kappa shape index (κ1) is 26.8. The summed E-state index contributed by atoms with van der Waals surface area (Å²) in [5, 5.41) is 13.7. The Balaban J connectivity index is 1.82. The first-order chi connectivity index (χ1) is 18.2. The van der Waals surface area contributed by atoms with Gasteiger partial charge in [0, 0.05) is 12.0 Å². The van der Waals surface area contributed by atoms with Gasteiger partial charge in [0.05, 0.1) is 12.1 Å². The van der Waals surface area contributed by atoms with Crippen molar-refractivity contribution in [1.82, 2.24) is 10.2 Å². The molecule has 9 heteroatoms. The second kappa shape index (κ2) is 11.5. The van der Waals surface area contributed by atoms with E-state index >= 15 is 0 Å². The molecule has 0 unspecified atom stereocenters. The lowest BCUT2D eigenvalue weighted by atomic mass is 9.88. The Bertz CT molecular complexity index is 1330. The van der Waals surface area contributed by atoms with Crippen LogP contribution in [0, 0.1) is 11.6 Å². The molecule has 0 radical (unpaired) electrons. The van der Waals surface area contributed by atoms with Gasteiger partial charge in [0.2, 0.25) is 11.8 Å². The number of aliphatic hydroxyl groups is 1. The van der Waals surface area contributed by atoms with Crippen LogP contribution in [-0.2, 0) is 14.4 Å². The van der Waals surface area contributed by atoms with Crippen LogP contribution in [0.1, 0.15) is 41.7 Å². The predicted molar refractivity (Wildman–Crippen MR) is 136 cm³/mol. The number of aliphatic hydroxyl groups excluding tert-OH is 1. The Labute approximate surface area is 218 Å². The summed E-state index contributed by atoms with van der Waals surface area (Å²) in [5.41, 5.74) is 6.85. The summed E-state index contributed by atoms with van der Waals surface area (Å²) in [7, 11) is 0. The highest BCUT2D eigenvalue weighted by Crippen LogP contribution is 2.32. The summed E-state index contributed by atoms with van der Waals surface area (Å²) in [5.74, 6) is -5.67. The van der Waals surface area contributed by atoms with Crippen LogP contribution in [0.3, 0.4) is 0 Å². The van der Waals surface area contributed by atoms with Crippen LogP contribution < -0.4 is 11.1 Å². The molecule has 1 aliphatic heterocycles. The molecule has 7 nitrogen and oxygen atoms in total. The van der Waals surface area contributed by atoms with Gasteiger partial charge in [-0.3, -0.25) is 19.3 Å². The molecule has 0 saturated carbocycles. The van der Waals surface area contributed by atoms with Gasteiger partial charge in [0.15, 0.2) is 6.10 Å². The van der Waals surface area contributed by atoms with Crippen molar-refractivity contribution >= 4 is 17.7 Å². The van der Waals surface area contributed by atoms with Crippen LogP contribution in [0.25, 0.3) is 0 Å². The van der Waals surface area contributed by atoms with Gasteiger partial charge in [-0.2, -0.15) is 0 Å². The lowest BCUT2D eigenvalue weighted by molar-refractivity contribution is -0.158. The minimum atomic E-state index is -2.13. The molecule has 3 aromatic rings. The fourth-order valence-corrected chi connectivity index (χ4v) is 4.50. The SMILES string of the molecule is C[C@H](N)C(=O)N(C(=O)[C@H](O)c1cc(F)cc(F)c1)[C@@H]1C(=O)N[C@@H](c2ccccc2)C=C[C@@H]1c1ccccc1. The normalized spacial score (nSPS) is 20.7. The number of imide groups is 1. The van der Waals surface area contributed by atoms with Gasteiger partial charge in [0.25, 0.3) is 5.91 Å². The Morgan fingerprint density at radius 2 is 1.45 bits per heavy atom. The highest BCUT2D eigenvalue weighted by Gasteiger charge is 2.44. The maximum absolute atomic E-state index is 13.9. The summed E-state index contributed by atoms with van der Waals surface area (Å²) >= 11 is 0. The summed E-state index contributed by atoms with van der Waals surface area (Å²) in [4.78, 5) is 41.4. The molecular weight excluding hydrogens is 492 g/mol. The van der Waals surface area contributed by atoms with Crippen molar-refractivity contribution in [3.63, 3.8) is 0 Å². The Hall–Kier alpha value is -4.21. The van der Waals surface area contributed by atoms with E-state index < -0.39 is 65.1 Å². The number of rotatable bonds is 6. The number of nitrogens with zero attached hydrogens (tertiary/aromatic N) is 1. The van der Waals surface area contributed by atoms with Crippen molar-refractivity contribution in [1.29, 1.82) is 0 Å². The molecular formula is C29H27F2N3O4. The van der Waals surface area contributed by atoms with E-state index in [-0.39, 0.29) is 0 Å². The third-order valence-corrected chi connectivity index (χ3v) is 6.34. The fourth-order valence-electron chi connectivity index (χ4n) is 4.50. The molecule has 0 fully saturated rings. The van der Waals surface area contributed by atoms with Crippen LogP contribution >= 0.6 is 0 Å². The number of benzene rings is 3. The van der Waals surface area contributed by atoms with Crippen molar-refractivity contribution in [3.8, 4) is 0 Å². The quantitative estimate of drug-likeness (QED) is 0.433. The standard InChI is InChI=1S/C29H27F2N3O4/c1-17(32)28(37)34(29(38)26(35)20-14-21(30)16-22(31)15-20)25-23(18-8-4-2-5-9-18)12-13-24(33-27(25)36)19-10-6-3-7-11-19/h2-17,23-26,35H,32H2,1H3,(H,33,36)/t17-,23+,24+,25-,26+/m0/s1. The van der Waals surface area contributed by atoms with Crippen LogP contribution in [0.5, 0.6) is 0 Å². The minimum Gasteiger partial charge on any atom is -0.378 e. The predicted octanol–water partition coefficient (Wildman–Crippen LogP) is 3.28. The molecule has 3 amide bonds. The molecule has 3 aromatic carbocycles. The lowest BCUT2D eigenvalue weighted by Gasteiger charge is -2.35. The average Bonchev–Trinajstić information content (AvgIpc) is 3.07. The van der Waals surface area contributed by atoms with Gasteiger partial charge in [0.1, 0.15) is 17.7 Å². The second-order valence-electron chi connectivity index (χ2n) is 9.10. The van der Waals surface area contributed by atoms with Crippen LogP contribution in [0.2, 0.25) is 0 Å². The van der Waals surface area contributed by atoms with E-state index in [1.54, 1.807) is 42.5 Å². The number of amides is 3. The number of carbonyl (C=O) groups is 3. The zero-order valence-corrected chi connectivity index (χ0v) is 20.5. The molecule has 4 N–H and O–H groups in total. The molecule has 0 aliphatic carbocycles. The number of nitrogens with two attached hydrogens (primary N) is 1. The van der Waals surface area contributed by atoms with Gasteiger partial charge in [-0.05, 0) is 35.7 Å². The second-order valence-corrected chi connectivity index (χ2v) is 9.10. The molecule has 196 valence electrons. The van der Waals surface area contributed by atoms with Crippen LogP contribution in [0.4, 0.5) is 8.78 Å². The lowest BCUT2D eigenvalue weighted by Crippen LogP contribution is -2.58. The highest BCUT2D eigenvalue weighted by molar-refractivity contribution is 6.04. The van der Waals surface area contributed by atoms with E-state index in [1.165, 1.54) is 6.92 Å². The molecule has 4 rings (SSSR count). The highest BCUT2D eigenvalue weighted by atomic mass is 19.1. The van der Waals surface area contributed by atoms with Crippen LogP contribution in [0.15, 0.2) is 91.0 Å². The van der Waals surface area contributed by atoms with Crippen molar-refractivity contribution in [2.24, 2.45) is 5.73 Å². The summed E-state index contributed by atoms with van der Waals surface area (Å²) in [6.07, 6.45) is 1.35. The summed E-state index contributed by atoms with van der Waals surface area (Å²) < 4.78 is 27.7. The monoisotopic (exact) mass is 519 g/mol. The van der Waals surface area contributed by atoms with E-state index in [2.05, 4.69) is 5.32 Å². The maximum atomic E-state index is 13.9. The molecule has 5 atom stereocenters. The van der Waals surface area contributed by atoms with Gasteiger partial charge in [-0.25, -0.2) is 8.78 Å². The van der Waals surface area contributed by atoms with Gasteiger partial charge in [-0.1, -0.05) is 72.8 Å². The molecule has 0 saturated heterocycles. The van der Waals surface area contributed by atoms with E-state index in [4.69, 9.17) is 5.73 Å². The van der Waals surface area contributed by atoms with Gasteiger partial charge < -0.3 is 16.2 Å². The topological polar surface area (TPSA) is 113 Å². The van der Waals surface area contributed by atoms with E-state index in [9.17, 15) is 28.3 Å². The first-order valence-corrected chi connectivity index (χ1v) is 12.0. The van der Waals surface area contributed by atoms with Crippen LogP contribution in [-0.4, -0.2) is 39.8 Å². The Kier molecular flexibility index (Phi) is 8.09. The smallest absolute Gasteiger partial charge is 0.263 e. The van der Waals surface area contributed by atoms with Gasteiger partial charge in [-0.15, -0.1) is 0 Å². The first-order valence-electron chi connectivity index (χ1n) is 12.0. The zero-order chi connectivity index (χ0) is 27.4. The Morgan fingerprint density at radius 3 is 2.00 bits per heavy atom.